The molecular formula is C16H17NOS. The minimum absolute atomic E-state index is 0.286. The Morgan fingerprint density at radius 3 is 2.89 bits per heavy atom. The van der Waals surface area contributed by atoms with Crippen LogP contribution >= 0.6 is 11.3 Å². The first kappa shape index (κ1) is 12.4. The molecule has 0 radical (unpaired) electrons. The molecule has 0 saturated carbocycles. The molecule has 2 nitrogen and oxygen atoms in total. The summed E-state index contributed by atoms with van der Waals surface area (Å²) in [5.41, 5.74) is 2.01. The van der Waals surface area contributed by atoms with Crippen LogP contribution in [0.15, 0.2) is 41.8 Å². The third-order valence-corrected chi connectivity index (χ3v) is 4.52. The topological polar surface area (TPSA) is 20.3 Å². The first-order valence-electron chi connectivity index (χ1n) is 6.74. The van der Waals surface area contributed by atoms with Gasteiger partial charge >= 0.3 is 0 Å². The number of para-hydroxylation sites is 1. The zero-order chi connectivity index (χ0) is 13.1. The highest BCUT2D eigenvalue weighted by atomic mass is 32.1. The molecule has 2 heterocycles. The Morgan fingerprint density at radius 1 is 1.16 bits per heavy atom. The molecule has 1 aromatic carbocycles. The molecule has 0 amide bonds. The molecule has 0 N–H and O–H groups in total. The van der Waals surface area contributed by atoms with Crippen LogP contribution in [0.4, 0.5) is 5.69 Å². The summed E-state index contributed by atoms with van der Waals surface area (Å²) < 4.78 is 0. The van der Waals surface area contributed by atoms with Gasteiger partial charge in [0.25, 0.3) is 0 Å². The molecule has 98 valence electrons. The number of fused-ring (bicyclic) bond motifs is 1. The number of carbonyl (C=O) groups excluding carboxylic acids is 1. The molecule has 1 aliphatic rings. The number of Topliss-reactive ketones (excluding diaryl/α,β-unsaturated/α-hetero) is 1. The van der Waals surface area contributed by atoms with Gasteiger partial charge in [-0.15, -0.1) is 11.3 Å². The third-order valence-electron chi connectivity index (χ3n) is 3.59. The second-order valence-corrected chi connectivity index (χ2v) is 5.89. The van der Waals surface area contributed by atoms with Crippen molar-refractivity contribution in [2.75, 3.05) is 18.0 Å². The van der Waals surface area contributed by atoms with Gasteiger partial charge in [0.1, 0.15) is 0 Å². The van der Waals surface area contributed by atoms with Crippen LogP contribution in [0.5, 0.6) is 0 Å². The van der Waals surface area contributed by atoms with Gasteiger partial charge in [-0.05, 0) is 36.4 Å². The fourth-order valence-electron chi connectivity index (χ4n) is 2.60. The van der Waals surface area contributed by atoms with E-state index in [1.165, 1.54) is 4.88 Å². The van der Waals surface area contributed by atoms with E-state index >= 15 is 0 Å². The van der Waals surface area contributed by atoms with Crippen LogP contribution in [0.25, 0.3) is 0 Å². The van der Waals surface area contributed by atoms with Crippen molar-refractivity contribution >= 4 is 22.8 Å². The van der Waals surface area contributed by atoms with Gasteiger partial charge in [-0.25, -0.2) is 0 Å². The lowest BCUT2D eigenvalue weighted by Gasteiger charge is -2.24. The molecule has 3 rings (SSSR count). The van der Waals surface area contributed by atoms with Gasteiger partial charge in [-0.3, -0.25) is 4.79 Å². The lowest BCUT2D eigenvalue weighted by molar-refractivity contribution is 0.0984. The van der Waals surface area contributed by atoms with E-state index in [4.69, 9.17) is 0 Å². The van der Waals surface area contributed by atoms with E-state index in [1.807, 2.05) is 18.2 Å². The minimum atomic E-state index is 0.286. The molecule has 0 saturated heterocycles. The second kappa shape index (κ2) is 5.57. The van der Waals surface area contributed by atoms with Crippen LogP contribution in [-0.2, 0) is 6.42 Å². The van der Waals surface area contributed by atoms with E-state index in [2.05, 4.69) is 28.5 Å². The number of hydrogen-bond donors (Lipinski definition) is 0. The molecular weight excluding hydrogens is 254 g/mol. The molecule has 0 unspecified atom stereocenters. The van der Waals surface area contributed by atoms with Gasteiger partial charge in [-0.2, -0.15) is 0 Å². The first-order chi connectivity index (χ1) is 9.34. The average molecular weight is 271 g/mol. The van der Waals surface area contributed by atoms with Gasteiger partial charge in [0.15, 0.2) is 5.78 Å². The van der Waals surface area contributed by atoms with Crippen LogP contribution in [0.1, 0.15) is 28.1 Å². The van der Waals surface area contributed by atoms with Crippen molar-refractivity contribution in [3.63, 3.8) is 0 Å². The zero-order valence-corrected chi connectivity index (χ0v) is 11.7. The van der Waals surface area contributed by atoms with E-state index in [1.54, 1.807) is 11.3 Å². The first-order valence-corrected chi connectivity index (χ1v) is 7.62. The van der Waals surface area contributed by atoms with Crippen LogP contribution in [0.3, 0.4) is 0 Å². The molecule has 0 atom stereocenters. The average Bonchev–Trinajstić information content (AvgIpc) is 2.90. The molecule has 0 spiro atoms. The molecule has 0 aliphatic carbocycles. The molecule has 3 heteroatoms. The third kappa shape index (κ3) is 2.71. The normalized spacial score (nSPS) is 15.2. The number of benzene rings is 1. The Hall–Kier alpha value is -1.61. The number of nitrogens with zero attached hydrogens (tertiary/aromatic N) is 1. The van der Waals surface area contributed by atoms with E-state index in [-0.39, 0.29) is 5.78 Å². The Kier molecular flexibility index (Phi) is 3.65. The van der Waals surface area contributed by atoms with Gasteiger partial charge in [0.2, 0.25) is 0 Å². The summed E-state index contributed by atoms with van der Waals surface area (Å²) in [6.45, 7) is 1.97. The molecule has 0 bridgehead atoms. The Balaban J connectivity index is 1.81. The van der Waals surface area contributed by atoms with Gasteiger partial charge < -0.3 is 4.90 Å². The summed E-state index contributed by atoms with van der Waals surface area (Å²) in [5.74, 6) is 0.286. The molecule has 19 heavy (non-hydrogen) atoms. The predicted octanol–water partition coefficient (Wildman–Crippen LogP) is 3.77. The Labute approximate surface area is 117 Å². The summed E-state index contributed by atoms with van der Waals surface area (Å²) in [6, 6.07) is 12.3. The van der Waals surface area contributed by atoms with Gasteiger partial charge in [0.05, 0.1) is 0 Å². The molecule has 2 aromatic rings. The predicted molar refractivity (Wildman–Crippen MR) is 80.2 cm³/mol. The van der Waals surface area contributed by atoms with Crippen molar-refractivity contribution in [2.24, 2.45) is 0 Å². The molecule has 1 aliphatic heterocycles. The zero-order valence-electron chi connectivity index (χ0n) is 10.8. The second-order valence-electron chi connectivity index (χ2n) is 4.86. The smallest absolute Gasteiger partial charge is 0.165 e. The molecule has 1 aromatic heterocycles. The standard InChI is InChI=1S/C16H17NOS/c18-16-8-3-10-17(11-9-13-5-4-12-19-13)15-7-2-1-6-14(15)16/h1-2,4-7,12H,3,8-11H2. The number of rotatable bonds is 3. The SMILES string of the molecule is O=C1CCCN(CCc2cccs2)c2ccccc21. The largest absolute Gasteiger partial charge is 0.371 e. The van der Waals surface area contributed by atoms with E-state index < -0.39 is 0 Å². The van der Waals surface area contributed by atoms with E-state index in [0.717, 1.165) is 37.2 Å². The summed E-state index contributed by atoms with van der Waals surface area (Å²) >= 11 is 1.80. The summed E-state index contributed by atoms with van der Waals surface area (Å²) in [6.07, 6.45) is 2.69. The Bertz CT molecular complexity index is 562. The highest BCUT2D eigenvalue weighted by Gasteiger charge is 2.19. The maximum atomic E-state index is 12.1. The maximum Gasteiger partial charge on any atom is 0.165 e. The Morgan fingerprint density at radius 2 is 2.05 bits per heavy atom. The maximum absolute atomic E-state index is 12.1. The van der Waals surface area contributed by atoms with Crippen LogP contribution < -0.4 is 4.90 Å². The number of hydrogen-bond acceptors (Lipinski definition) is 3. The van der Waals surface area contributed by atoms with Crippen molar-refractivity contribution in [2.45, 2.75) is 19.3 Å². The number of thiophene rings is 1. The van der Waals surface area contributed by atoms with E-state index in [9.17, 15) is 4.79 Å². The number of ketones is 1. The molecule has 0 fully saturated rings. The monoisotopic (exact) mass is 271 g/mol. The lowest BCUT2D eigenvalue weighted by atomic mass is 10.1. The lowest BCUT2D eigenvalue weighted by Crippen LogP contribution is -2.26. The summed E-state index contributed by atoms with van der Waals surface area (Å²) in [5, 5.41) is 2.12. The van der Waals surface area contributed by atoms with Crippen molar-refractivity contribution in [1.82, 2.24) is 0 Å². The summed E-state index contributed by atoms with van der Waals surface area (Å²) in [4.78, 5) is 15.8. The fourth-order valence-corrected chi connectivity index (χ4v) is 3.30. The quantitative estimate of drug-likeness (QED) is 0.847. The van der Waals surface area contributed by atoms with Crippen LogP contribution in [0.2, 0.25) is 0 Å². The van der Waals surface area contributed by atoms with Crippen molar-refractivity contribution in [3.8, 4) is 0 Å². The highest BCUT2D eigenvalue weighted by Crippen LogP contribution is 2.26. The van der Waals surface area contributed by atoms with Crippen LogP contribution in [-0.4, -0.2) is 18.9 Å². The van der Waals surface area contributed by atoms with E-state index in [0.29, 0.717) is 6.42 Å². The summed E-state index contributed by atoms with van der Waals surface area (Å²) in [7, 11) is 0. The number of carbonyl (C=O) groups is 1. The number of anilines is 1. The fraction of sp³-hybridized carbons (Fsp3) is 0.312. The van der Waals surface area contributed by atoms with Crippen molar-refractivity contribution in [1.29, 1.82) is 0 Å². The van der Waals surface area contributed by atoms with Gasteiger partial charge in [0, 0.05) is 35.6 Å². The highest BCUT2D eigenvalue weighted by molar-refractivity contribution is 7.09. The van der Waals surface area contributed by atoms with Gasteiger partial charge in [-0.1, -0.05) is 18.2 Å². The minimum Gasteiger partial charge on any atom is -0.371 e. The van der Waals surface area contributed by atoms with Crippen molar-refractivity contribution < 1.29 is 4.79 Å². The van der Waals surface area contributed by atoms with Crippen LogP contribution in [0, 0.1) is 0 Å². The van der Waals surface area contributed by atoms with Crippen molar-refractivity contribution in [3.05, 3.63) is 52.2 Å².